The first-order chi connectivity index (χ1) is 19.2. The normalized spacial score (nSPS) is 13.6. The van der Waals surface area contributed by atoms with Crippen LogP contribution in [0, 0.1) is 0 Å². The molecule has 6 nitrogen and oxygen atoms in total. The van der Waals surface area contributed by atoms with Gasteiger partial charge in [-0.15, -0.1) is 0 Å². The molecule has 0 saturated heterocycles. The molecule has 4 rings (SSSR count). The zero-order valence-electron chi connectivity index (χ0n) is 23.3. The summed E-state index contributed by atoms with van der Waals surface area (Å²) in [5.74, 6) is -1.63. The number of aliphatic carboxylic acids is 1. The van der Waals surface area contributed by atoms with Crippen molar-refractivity contribution in [1.82, 2.24) is 5.32 Å². The molecule has 41 heavy (non-hydrogen) atoms. The van der Waals surface area contributed by atoms with Gasteiger partial charge in [-0.1, -0.05) is 109 Å². The average molecular weight is 590 g/mol. The van der Waals surface area contributed by atoms with Crippen LogP contribution in [0.25, 0.3) is 0 Å². The Balaban J connectivity index is 0.00000462. The molecule has 0 aliphatic carbocycles. The monoisotopic (exact) mass is 589 g/mol. The van der Waals surface area contributed by atoms with Crippen molar-refractivity contribution in [3.05, 3.63) is 138 Å². The molecule has 0 saturated carbocycles. The largest absolute Gasteiger partial charge is 2.00 e. The Morgan fingerprint density at radius 1 is 0.805 bits per heavy atom. The number of carboxylic acid groups (broad SMARTS) is 1. The van der Waals surface area contributed by atoms with E-state index < -0.39 is 17.6 Å². The molecule has 0 aromatic heterocycles. The molecule has 2 atom stereocenters. The maximum Gasteiger partial charge on any atom is 2.00 e. The van der Waals surface area contributed by atoms with Crippen molar-refractivity contribution in [2.24, 2.45) is 9.98 Å². The second-order valence-electron chi connectivity index (χ2n) is 10.2. The van der Waals surface area contributed by atoms with E-state index in [0.717, 1.165) is 11.1 Å². The van der Waals surface area contributed by atoms with Crippen molar-refractivity contribution >= 4 is 23.3 Å². The Bertz CT molecular complexity index is 1470. The van der Waals surface area contributed by atoms with E-state index >= 15 is 0 Å². The van der Waals surface area contributed by atoms with Gasteiger partial charge in [-0.25, -0.2) is 0 Å². The molecule has 4 aromatic carbocycles. The summed E-state index contributed by atoms with van der Waals surface area (Å²) < 4.78 is 0. The number of para-hydroxylation sites is 1. The smallest absolute Gasteiger partial charge is 0.860 e. The molecule has 0 radical (unpaired) electrons. The van der Waals surface area contributed by atoms with Crippen LogP contribution in [-0.2, 0) is 27.7 Å². The van der Waals surface area contributed by atoms with Crippen LogP contribution < -0.4 is 15.5 Å². The zero-order valence-corrected chi connectivity index (χ0v) is 24.3. The topological polar surface area (TPSA) is 99.9 Å². The molecular formula is C34H33N3NiO3. The van der Waals surface area contributed by atoms with Gasteiger partial charge in [0.25, 0.3) is 0 Å². The molecule has 0 aliphatic heterocycles. The van der Waals surface area contributed by atoms with E-state index in [4.69, 9.17) is 4.99 Å². The summed E-state index contributed by atoms with van der Waals surface area (Å²) in [6, 6.07) is 34.5. The van der Waals surface area contributed by atoms with Crippen LogP contribution in [-0.4, -0.2) is 29.2 Å². The van der Waals surface area contributed by atoms with Crippen LogP contribution in [0.1, 0.15) is 49.1 Å². The zero-order chi connectivity index (χ0) is 28.5. The fraction of sp³-hybridized carbons (Fsp3) is 0.206. The van der Waals surface area contributed by atoms with E-state index in [-0.39, 0.29) is 34.9 Å². The molecule has 0 spiro atoms. The molecule has 0 aliphatic rings. The molecule has 1 N–H and O–H groups in total. The fourth-order valence-electron chi connectivity index (χ4n) is 4.52. The molecule has 0 unspecified atom stereocenters. The van der Waals surface area contributed by atoms with Gasteiger partial charge in [0.1, 0.15) is 0 Å². The number of rotatable bonds is 11. The van der Waals surface area contributed by atoms with Crippen molar-refractivity contribution in [3.8, 4) is 0 Å². The van der Waals surface area contributed by atoms with Crippen LogP contribution in [0.5, 0.6) is 0 Å². The Morgan fingerprint density at radius 3 is 1.95 bits per heavy atom. The number of carbonyl (C=O) groups is 1. The van der Waals surface area contributed by atoms with Crippen molar-refractivity contribution in [1.29, 1.82) is 0 Å². The van der Waals surface area contributed by atoms with E-state index in [0.29, 0.717) is 22.5 Å². The van der Waals surface area contributed by atoms with Gasteiger partial charge in [0, 0.05) is 29.1 Å². The summed E-state index contributed by atoms with van der Waals surface area (Å²) in [5, 5.41) is 29.1. The number of carbonyl (C=O) groups excluding carboxylic acids is 1. The minimum Gasteiger partial charge on any atom is -0.860 e. The maximum atomic E-state index is 13.5. The maximum absolute atomic E-state index is 13.5. The van der Waals surface area contributed by atoms with Crippen LogP contribution >= 0.6 is 0 Å². The quantitative estimate of drug-likeness (QED) is 0.159. The van der Waals surface area contributed by atoms with E-state index in [1.807, 2.05) is 104 Å². The number of hydrogen-bond donors (Lipinski definition) is 1. The SMILES string of the molecule is C[C@H](NC(C)(C)C([O-])=Nc1ccccc1C(=N[C@H](Cc1ccccc1)C(=O)[O-])c1ccccc1)c1ccccc1.[Ni+2]. The van der Waals surface area contributed by atoms with Gasteiger partial charge in [-0.3, -0.25) is 9.98 Å². The number of aliphatic imine (C=N–C) groups is 2. The number of benzene rings is 4. The Labute approximate surface area is 251 Å². The molecule has 0 heterocycles. The van der Waals surface area contributed by atoms with Crippen molar-refractivity contribution in [3.63, 3.8) is 0 Å². The number of carboxylic acids is 1. The summed E-state index contributed by atoms with van der Waals surface area (Å²) in [4.78, 5) is 21.4. The van der Waals surface area contributed by atoms with Gasteiger partial charge in [-0.05, 0) is 43.9 Å². The van der Waals surface area contributed by atoms with Crippen LogP contribution in [0.3, 0.4) is 0 Å². The Morgan fingerprint density at radius 2 is 1.34 bits per heavy atom. The third kappa shape index (κ3) is 8.47. The Hall–Kier alpha value is -4.06. The van der Waals surface area contributed by atoms with Gasteiger partial charge in [0.05, 0.1) is 23.4 Å². The molecule has 0 amide bonds. The standard InChI is InChI=1S/C34H35N3O3.Ni/c1-24(26-17-9-5-10-18-26)37-34(2,3)33(40)36-29-22-14-13-21-28(29)31(27-19-11-6-12-20-27)35-30(32(38)39)23-25-15-7-4-8-16-25;/h4-22,24,30,37H,23H2,1-3H3,(H,36,40)(H,38,39);/q;+2/p-2/t24-,30+;/m0./s1. The van der Waals surface area contributed by atoms with E-state index in [1.165, 1.54) is 0 Å². The molecule has 0 bridgehead atoms. The molecule has 7 heteroatoms. The van der Waals surface area contributed by atoms with Crippen molar-refractivity contribution in [2.75, 3.05) is 0 Å². The predicted molar refractivity (Wildman–Crippen MR) is 157 cm³/mol. The van der Waals surface area contributed by atoms with Crippen molar-refractivity contribution in [2.45, 2.75) is 44.8 Å². The fourth-order valence-corrected chi connectivity index (χ4v) is 4.52. The van der Waals surface area contributed by atoms with Gasteiger partial charge in [0.2, 0.25) is 0 Å². The molecule has 4 aromatic rings. The number of hydrogen-bond acceptors (Lipinski definition) is 6. The second kappa shape index (κ2) is 14.5. The van der Waals surface area contributed by atoms with Crippen LogP contribution in [0.2, 0.25) is 0 Å². The summed E-state index contributed by atoms with van der Waals surface area (Å²) in [6.45, 7) is 5.61. The summed E-state index contributed by atoms with van der Waals surface area (Å²) in [7, 11) is 0. The van der Waals surface area contributed by atoms with Crippen molar-refractivity contribution < 1.29 is 31.5 Å². The summed E-state index contributed by atoms with van der Waals surface area (Å²) in [5.41, 5.74) is 3.05. The van der Waals surface area contributed by atoms with E-state index in [9.17, 15) is 15.0 Å². The molecule has 0 fully saturated rings. The van der Waals surface area contributed by atoms with E-state index in [1.54, 1.807) is 32.0 Å². The second-order valence-corrected chi connectivity index (χ2v) is 10.2. The minimum absolute atomic E-state index is 0. The Kier molecular flexibility index (Phi) is 11.2. The summed E-state index contributed by atoms with van der Waals surface area (Å²) >= 11 is 0. The molecule has 212 valence electrons. The summed E-state index contributed by atoms with van der Waals surface area (Å²) in [6.07, 6.45) is 0.173. The third-order valence-electron chi connectivity index (χ3n) is 6.67. The van der Waals surface area contributed by atoms with Gasteiger partial charge < -0.3 is 20.3 Å². The first kappa shape index (κ1) is 31.5. The first-order valence-corrected chi connectivity index (χ1v) is 13.3. The van der Waals surface area contributed by atoms with Crippen LogP contribution in [0.15, 0.2) is 125 Å². The number of nitrogens with one attached hydrogen (secondary N) is 1. The first-order valence-electron chi connectivity index (χ1n) is 13.3. The van der Waals surface area contributed by atoms with E-state index in [2.05, 4.69) is 10.3 Å². The predicted octanol–water partition coefficient (Wildman–Crippen LogP) is 4.40. The van der Waals surface area contributed by atoms with Crippen LogP contribution in [0.4, 0.5) is 5.69 Å². The molecular weight excluding hydrogens is 557 g/mol. The average Bonchev–Trinajstić information content (AvgIpc) is 2.97. The minimum atomic E-state index is -1.27. The van der Waals surface area contributed by atoms with Gasteiger partial charge in [0.15, 0.2) is 0 Å². The van der Waals surface area contributed by atoms with Gasteiger partial charge >= 0.3 is 16.5 Å². The third-order valence-corrected chi connectivity index (χ3v) is 6.67. The van der Waals surface area contributed by atoms with Gasteiger partial charge in [-0.2, -0.15) is 0 Å². The number of nitrogens with zero attached hydrogens (tertiary/aromatic N) is 2.